The van der Waals surface area contributed by atoms with Crippen LogP contribution in [0.25, 0.3) is 0 Å². The summed E-state index contributed by atoms with van der Waals surface area (Å²) in [5.41, 5.74) is -0.768. The van der Waals surface area contributed by atoms with Crippen LogP contribution in [0.3, 0.4) is 0 Å². The van der Waals surface area contributed by atoms with E-state index in [1.165, 1.54) is 0 Å². The van der Waals surface area contributed by atoms with Gasteiger partial charge in [-0.2, -0.15) is 0 Å². The second kappa shape index (κ2) is 5.32. The first-order chi connectivity index (χ1) is 7.44. The highest BCUT2D eigenvalue weighted by atomic mass is 16.5. The van der Waals surface area contributed by atoms with Gasteiger partial charge >= 0.3 is 0 Å². The predicted octanol–water partition coefficient (Wildman–Crippen LogP) is 2.16. The summed E-state index contributed by atoms with van der Waals surface area (Å²) in [4.78, 5) is 0. The quantitative estimate of drug-likeness (QED) is 0.752. The Hall–Kier alpha value is -1.06. The van der Waals surface area contributed by atoms with Crippen LogP contribution in [0, 0.1) is 0 Å². The fraction of sp³-hybridized carbons (Fsp3) is 0.538. The van der Waals surface area contributed by atoms with Gasteiger partial charge in [-0.3, -0.25) is 5.32 Å². The normalized spacial score (nSPS) is 16.9. The van der Waals surface area contributed by atoms with Crippen LogP contribution in [-0.2, 0) is 0 Å². The van der Waals surface area contributed by atoms with Gasteiger partial charge in [-0.1, -0.05) is 18.2 Å². The molecule has 0 amide bonds. The first-order valence-electron chi connectivity index (χ1n) is 5.64. The monoisotopic (exact) mass is 223 g/mol. The Balaban J connectivity index is 2.79. The van der Waals surface area contributed by atoms with Crippen molar-refractivity contribution in [2.45, 2.75) is 45.6 Å². The van der Waals surface area contributed by atoms with Crippen LogP contribution in [0.2, 0.25) is 0 Å². The minimum atomic E-state index is -0.768. The zero-order chi connectivity index (χ0) is 12.2. The number of benzene rings is 1. The first kappa shape index (κ1) is 13.0. The van der Waals surface area contributed by atoms with E-state index in [2.05, 4.69) is 5.32 Å². The van der Waals surface area contributed by atoms with E-state index in [0.29, 0.717) is 0 Å². The van der Waals surface area contributed by atoms with Crippen LogP contribution < -0.4 is 10.1 Å². The number of ether oxygens (including phenoxy) is 1. The Morgan fingerprint density at radius 2 is 1.75 bits per heavy atom. The lowest BCUT2D eigenvalue weighted by Crippen LogP contribution is -2.57. The largest absolute Gasteiger partial charge is 0.470 e. The molecule has 0 saturated carbocycles. The van der Waals surface area contributed by atoms with Crippen LogP contribution in [0.5, 0.6) is 5.75 Å². The second-order valence-corrected chi connectivity index (χ2v) is 4.50. The van der Waals surface area contributed by atoms with Crippen LogP contribution in [0.1, 0.15) is 27.7 Å². The number of hydrogen-bond donors (Lipinski definition) is 2. The molecule has 0 saturated heterocycles. The Morgan fingerprint density at radius 1 is 1.19 bits per heavy atom. The van der Waals surface area contributed by atoms with Crippen molar-refractivity contribution in [3.8, 4) is 5.75 Å². The smallest absolute Gasteiger partial charge is 0.184 e. The molecule has 0 bridgehead atoms. The molecule has 0 aliphatic heterocycles. The molecule has 3 nitrogen and oxygen atoms in total. The van der Waals surface area contributed by atoms with Gasteiger partial charge in [0.25, 0.3) is 0 Å². The van der Waals surface area contributed by atoms with Gasteiger partial charge in [-0.05, 0) is 39.8 Å². The van der Waals surface area contributed by atoms with Crippen LogP contribution >= 0.6 is 0 Å². The average molecular weight is 223 g/mol. The summed E-state index contributed by atoms with van der Waals surface area (Å²) >= 11 is 0. The molecule has 90 valence electrons. The van der Waals surface area contributed by atoms with Crippen molar-refractivity contribution in [3.05, 3.63) is 30.3 Å². The van der Waals surface area contributed by atoms with E-state index in [1.54, 1.807) is 6.92 Å². The molecule has 0 fully saturated rings. The number of rotatable bonds is 5. The van der Waals surface area contributed by atoms with Gasteiger partial charge in [-0.15, -0.1) is 0 Å². The third-order valence-electron chi connectivity index (χ3n) is 2.45. The molecule has 0 aliphatic rings. The van der Waals surface area contributed by atoms with Crippen molar-refractivity contribution in [1.82, 2.24) is 5.32 Å². The summed E-state index contributed by atoms with van der Waals surface area (Å²) in [6.07, 6.45) is -0.602. The Bertz CT molecular complexity index is 311. The zero-order valence-corrected chi connectivity index (χ0v) is 10.4. The van der Waals surface area contributed by atoms with E-state index < -0.39 is 11.8 Å². The standard InChI is InChI=1S/C13H21NO2/c1-10(2)14-13(4,11(3)15)16-12-8-6-5-7-9-12/h5-11,14-15H,1-4H3. The van der Waals surface area contributed by atoms with E-state index in [1.807, 2.05) is 51.1 Å². The maximum atomic E-state index is 9.79. The fourth-order valence-electron chi connectivity index (χ4n) is 1.54. The topological polar surface area (TPSA) is 41.5 Å². The van der Waals surface area contributed by atoms with Crippen molar-refractivity contribution in [2.75, 3.05) is 0 Å². The third-order valence-corrected chi connectivity index (χ3v) is 2.45. The van der Waals surface area contributed by atoms with Crippen molar-refractivity contribution in [1.29, 1.82) is 0 Å². The number of aliphatic hydroxyl groups excluding tert-OH is 1. The van der Waals surface area contributed by atoms with Gasteiger partial charge in [-0.25, -0.2) is 0 Å². The molecule has 0 heterocycles. The SMILES string of the molecule is CC(C)NC(C)(Oc1ccccc1)C(C)O. The molecule has 1 aromatic carbocycles. The Morgan fingerprint density at radius 3 is 2.19 bits per heavy atom. The maximum absolute atomic E-state index is 9.79. The van der Waals surface area contributed by atoms with Crippen molar-refractivity contribution in [3.63, 3.8) is 0 Å². The van der Waals surface area contributed by atoms with Crippen LogP contribution in [-0.4, -0.2) is 23.0 Å². The lowest BCUT2D eigenvalue weighted by atomic mass is 10.1. The lowest BCUT2D eigenvalue weighted by molar-refractivity contribution is -0.0611. The average Bonchev–Trinajstić information content (AvgIpc) is 2.17. The molecule has 0 aromatic heterocycles. The number of hydrogen-bond acceptors (Lipinski definition) is 3. The van der Waals surface area contributed by atoms with E-state index in [4.69, 9.17) is 4.74 Å². The summed E-state index contributed by atoms with van der Waals surface area (Å²) < 4.78 is 5.81. The van der Waals surface area contributed by atoms with E-state index in [0.717, 1.165) is 5.75 Å². The van der Waals surface area contributed by atoms with Crippen molar-refractivity contribution < 1.29 is 9.84 Å². The molecule has 0 spiro atoms. The molecular weight excluding hydrogens is 202 g/mol. The van der Waals surface area contributed by atoms with Gasteiger partial charge in [0.1, 0.15) is 11.9 Å². The minimum absolute atomic E-state index is 0.239. The van der Waals surface area contributed by atoms with Gasteiger partial charge in [0.05, 0.1) is 0 Å². The second-order valence-electron chi connectivity index (χ2n) is 4.50. The highest BCUT2D eigenvalue weighted by Gasteiger charge is 2.32. The van der Waals surface area contributed by atoms with Gasteiger partial charge < -0.3 is 9.84 Å². The highest BCUT2D eigenvalue weighted by molar-refractivity contribution is 5.22. The van der Waals surface area contributed by atoms with E-state index >= 15 is 0 Å². The van der Waals surface area contributed by atoms with Crippen LogP contribution in [0.4, 0.5) is 0 Å². The Kier molecular flexibility index (Phi) is 4.33. The molecule has 1 aromatic rings. The molecule has 3 heteroatoms. The highest BCUT2D eigenvalue weighted by Crippen LogP contribution is 2.19. The molecule has 2 N–H and O–H groups in total. The zero-order valence-electron chi connectivity index (χ0n) is 10.4. The first-order valence-corrected chi connectivity index (χ1v) is 5.64. The molecular formula is C13H21NO2. The number of aliphatic hydroxyl groups is 1. The summed E-state index contributed by atoms with van der Waals surface area (Å²) in [5, 5.41) is 13.0. The summed E-state index contributed by atoms with van der Waals surface area (Å²) in [5.74, 6) is 0.749. The maximum Gasteiger partial charge on any atom is 0.184 e. The molecule has 0 radical (unpaired) electrons. The molecule has 2 atom stereocenters. The summed E-state index contributed by atoms with van der Waals surface area (Å²) in [6, 6.07) is 9.75. The number of para-hydroxylation sites is 1. The molecule has 1 rings (SSSR count). The van der Waals surface area contributed by atoms with Crippen LogP contribution in [0.15, 0.2) is 30.3 Å². The number of nitrogens with one attached hydrogen (secondary N) is 1. The fourth-order valence-corrected chi connectivity index (χ4v) is 1.54. The van der Waals surface area contributed by atoms with Gasteiger partial charge in [0.2, 0.25) is 0 Å². The molecule has 16 heavy (non-hydrogen) atoms. The van der Waals surface area contributed by atoms with Gasteiger partial charge in [0, 0.05) is 6.04 Å². The minimum Gasteiger partial charge on any atom is -0.470 e. The molecule has 0 aliphatic carbocycles. The van der Waals surface area contributed by atoms with Crippen molar-refractivity contribution in [2.24, 2.45) is 0 Å². The van der Waals surface area contributed by atoms with Crippen molar-refractivity contribution >= 4 is 0 Å². The molecule has 2 unspecified atom stereocenters. The summed E-state index contributed by atoms with van der Waals surface area (Å²) in [7, 11) is 0. The third kappa shape index (κ3) is 3.51. The summed E-state index contributed by atoms with van der Waals surface area (Å²) in [6.45, 7) is 7.62. The Labute approximate surface area is 97.4 Å². The lowest BCUT2D eigenvalue weighted by Gasteiger charge is -2.36. The van der Waals surface area contributed by atoms with E-state index in [9.17, 15) is 5.11 Å². The van der Waals surface area contributed by atoms with Gasteiger partial charge in [0.15, 0.2) is 5.72 Å². The predicted molar refractivity (Wildman–Crippen MR) is 65.4 cm³/mol. The van der Waals surface area contributed by atoms with E-state index in [-0.39, 0.29) is 6.04 Å².